The molecular formula is C55H41N7OS. The highest BCUT2D eigenvalue weighted by Gasteiger charge is 2.28. The van der Waals surface area contributed by atoms with E-state index in [0.717, 1.165) is 78.8 Å². The van der Waals surface area contributed by atoms with Gasteiger partial charge in [-0.05, 0) is 66.4 Å². The van der Waals surface area contributed by atoms with Crippen molar-refractivity contribution in [1.82, 2.24) is 24.9 Å². The summed E-state index contributed by atoms with van der Waals surface area (Å²) >= 11 is 0. The number of nitrogens with zero attached hydrogens (tertiary/aromatic N) is 7. The number of hydrogen-bond donors (Lipinski definition) is 0. The fourth-order valence-corrected chi connectivity index (χ4v) is 9.93. The van der Waals surface area contributed by atoms with Gasteiger partial charge in [0, 0.05) is 56.5 Å². The molecule has 3 aromatic heterocycles. The van der Waals surface area contributed by atoms with E-state index in [-0.39, 0.29) is 6.04 Å². The van der Waals surface area contributed by atoms with E-state index in [9.17, 15) is 4.55 Å². The topological polar surface area (TPSA) is 94.0 Å². The Morgan fingerprint density at radius 1 is 0.500 bits per heavy atom. The third kappa shape index (κ3) is 7.57. The molecule has 0 amide bonds. The Labute approximate surface area is 374 Å². The first-order valence-corrected chi connectivity index (χ1v) is 22.7. The Morgan fingerprint density at radius 3 is 1.56 bits per heavy atom. The highest BCUT2D eigenvalue weighted by molar-refractivity contribution is 7.37. The Hall–Kier alpha value is -7.85. The van der Waals surface area contributed by atoms with E-state index in [2.05, 4.69) is 89.9 Å². The van der Waals surface area contributed by atoms with Crippen molar-refractivity contribution in [2.45, 2.75) is 25.3 Å². The smallest absolute Gasteiger partial charge is 0.241 e. The van der Waals surface area contributed by atoms with Crippen molar-refractivity contribution in [2.75, 3.05) is 9.80 Å². The lowest BCUT2D eigenvalue weighted by Gasteiger charge is -2.35. The van der Waals surface area contributed by atoms with Crippen molar-refractivity contribution in [3.63, 3.8) is 0 Å². The van der Waals surface area contributed by atoms with Crippen LogP contribution in [0.1, 0.15) is 19.3 Å². The summed E-state index contributed by atoms with van der Waals surface area (Å²) in [5, 5.41) is 1.80. The lowest BCUT2D eigenvalue weighted by molar-refractivity contribution is 0.602. The van der Waals surface area contributed by atoms with E-state index in [4.69, 9.17) is 24.9 Å². The van der Waals surface area contributed by atoms with Crippen molar-refractivity contribution in [3.8, 4) is 45.3 Å². The molecule has 2 atom stereocenters. The van der Waals surface area contributed by atoms with Crippen LogP contribution in [0.2, 0.25) is 0 Å². The average molecular weight is 848 g/mol. The van der Waals surface area contributed by atoms with E-state index in [0.29, 0.717) is 29.2 Å². The van der Waals surface area contributed by atoms with Crippen molar-refractivity contribution in [3.05, 3.63) is 212 Å². The summed E-state index contributed by atoms with van der Waals surface area (Å²) in [6.07, 6.45) is 18.1. The van der Waals surface area contributed by atoms with Gasteiger partial charge in [-0.2, -0.15) is 9.97 Å². The van der Waals surface area contributed by atoms with E-state index >= 15 is 0 Å². The molecule has 2 unspecified atom stereocenters. The van der Waals surface area contributed by atoms with Gasteiger partial charge >= 0.3 is 0 Å². The zero-order chi connectivity index (χ0) is 42.8. The van der Waals surface area contributed by atoms with Crippen LogP contribution < -0.4 is 9.80 Å². The lowest BCUT2D eigenvalue weighted by atomic mass is 10.0. The Balaban J connectivity index is 1.16. The van der Waals surface area contributed by atoms with Crippen LogP contribution in [0, 0.1) is 0 Å². The van der Waals surface area contributed by atoms with E-state index in [1.54, 1.807) is 0 Å². The number of anilines is 4. The molecule has 0 saturated heterocycles. The molecule has 2 aliphatic rings. The highest BCUT2D eigenvalue weighted by Crippen LogP contribution is 2.46. The normalized spacial score (nSPS) is 14.8. The summed E-state index contributed by atoms with van der Waals surface area (Å²) in [4.78, 5) is 30.4. The van der Waals surface area contributed by atoms with Gasteiger partial charge in [-0.25, -0.2) is 19.9 Å². The number of fused-ring (bicyclic) bond motifs is 3. The van der Waals surface area contributed by atoms with Gasteiger partial charge in [0.25, 0.3) is 0 Å². The number of benzene rings is 6. The molecule has 64 heavy (non-hydrogen) atoms. The van der Waals surface area contributed by atoms with Gasteiger partial charge in [-0.15, -0.1) is 0 Å². The molecule has 9 aromatic rings. The second-order valence-electron chi connectivity index (χ2n) is 15.8. The second-order valence-corrected chi connectivity index (χ2v) is 17.2. The summed E-state index contributed by atoms with van der Waals surface area (Å²) in [7, 11) is -1.39. The maximum Gasteiger partial charge on any atom is 0.241 e. The lowest BCUT2D eigenvalue weighted by Crippen LogP contribution is -2.34. The molecule has 11 rings (SSSR count). The number of aromatic nitrogens is 5. The van der Waals surface area contributed by atoms with Gasteiger partial charge < -0.3 is 9.45 Å². The van der Waals surface area contributed by atoms with Gasteiger partial charge in [-0.3, -0.25) is 0 Å². The molecular weight excluding hydrogens is 807 g/mol. The van der Waals surface area contributed by atoms with Crippen molar-refractivity contribution in [2.24, 2.45) is 0 Å². The largest absolute Gasteiger partial charge is 0.590 e. The van der Waals surface area contributed by atoms with Crippen LogP contribution in [0.3, 0.4) is 0 Å². The van der Waals surface area contributed by atoms with Gasteiger partial charge in [0.2, 0.25) is 11.9 Å². The summed E-state index contributed by atoms with van der Waals surface area (Å²) in [6.45, 7) is 0. The molecule has 308 valence electrons. The zero-order valence-corrected chi connectivity index (χ0v) is 35.6. The number of rotatable bonds is 10. The third-order valence-electron chi connectivity index (χ3n) is 11.7. The molecule has 6 aromatic carbocycles. The minimum absolute atomic E-state index is 0.156. The van der Waals surface area contributed by atoms with Crippen LogP contribution in [0.15, 0.2) is 212 Å². The fourth-order valence-electron chi connectivity index (χ4n) is 8.57. The number of thiophene rings is 1. The molecule has 0 fully saturated rings. The first-order chi connectivity index (χ1) is 31.6. The molecule has 0 aliphatic heterocycles. The quantitative estimate of drug-likeness (QED) is 0.126. The molecule has 0 N–H and O–H groups in total. The maximum atomic E-state index is 14.4. The maximum absolute atomic E-state index is 14.4. The first-order valence-electron chi connectivity index (χ1n) is 21.5. The van der Waals surface area contributed by atoms with Crippen LogP contribution in [0.25, 0.3) is 65.5 Å². The van der Waals surface area contributed by atoms with Crippen LogP contribution in [0.5, 0.6) is 0 Å². The predicted molar refractivity (Wildman–Crippen MR) is 261 cm³/mol. The Morgan fingerprint density at radius 2 is 1.03 bits per heavy atom. The Bertz CT molecular complexity index is 3030. The molecule has 0 bridgehead atoms. The van der Waals surface area contributed by atoms with E-state index in [1.807, 2.05) is 126 Å². The summed E-state index contributed by atoms with van der Waals surface area (Å²) < 4.78 is 15.9. The summed E-state index contributed by atoms with van der Waals surface area (Å²) in [5.74, 6) is 1.73. The minimum Gasteiger partial charge on any atom is -0.590 e. The molecule has 9 heteroatoms. The van der Waals surface area contributed by atoms with Crippen molar-refractivity contribution in [1.29, 1.82) is 0 Å². The number of hydrogen-bond acceptors (Lipinski definition) is 8. The van der Waals surface area contributed by atoms with Crippen molar-refractivity contribution < 1.29 is 4.55 Å². The molecule has 2 aliphatic carbocycles. The summed E-state index contributed by atoms with van der Waals surface area (Å²) in [5.41, 5.74) is 8.07. The molecule has 8 nitrogen and oxygen atoms in total. The van der Waals surface area contributed by atoms with Crippen LogP contribution in [-0.2, 0) is 0 Å². The van der Waals surface area contributed by atoms with Crippen LogP contribution in [-0.4, -0.2) is 35.5 Å². The standard InChI is InChI=1S/C55H41N7OS/c63-64-50-33-31-44(61(42-27-15-5-16-28-42)43-29-17-6-18-30-43)35-46(50)47-36-45(32-34-51(47)64)62(54-56-48(38-19-7-1-8-20-38)37-49(57-54)39-21-9-2-10-22-39)55-59-52(40-23-11-3-12-24-40)58-53(60-55)41-25-13-4-14-26-41/h1-17,19-27,29,31-37,42H,18,28,30H2. The molecule has 0 radical (unpaired) electrons. The van der Waals surface area contributed by atoms with Crippen molar-refractivity contribution >= 4 is 54.2 Å². The van der Waals surface area contributed by atoms with Gasteiger partial charge in [0.05, 0.1) is 23.1 Å². The summed E-state index contributed by atoms with van der Waals surface area (Å²) in [6, 6.07) is 54.7. The first kappa shape index (κ1) is 39.0. The van der Waals surface area contributed by atoms with Gasteiger partial charge in [-0.1, -0.05) is 158 Å². The van der Waals surface area contributed by atoms with Gasteiger partial charge in [0.15, 0.2) is 21.0 Å². The molecule has 0 saturated carbocycles. The van der Waals surface area contributed by atoms with Gasteiger partial charge in [0.1, 0.15) is 0 Å². The Kier molecular flexibility index (Phi) is 10.4. The monoisotopic (exact) mass is 847 g/mol. The SMILES string of the molecule is [O-][s+]1c2ccc(N(c3nc(-c4ccccc4)cc(-c4ccccc4)n3)c3nc(-c4ccccc4)nc(-c4ccccc4)n3)cc2c2cc(N(C3=CC=CCC3)C3C=CC=CC3)ccc21. The van der Waals surface area contributed by atoms with E-state index in [1.165, 1.54) is 5.70 Å². The van der Waals surface area contributed by atoms with E-state index < -0.39 is 10.8 Å². The highest BCUT2D eigenvalue weighted by atomic mass is 32.2. The zero-order valence-electron chi connectivity index (χ0n) is 34.8. The minimum atomic E-state index is -1.39. The van der Waals surface area contributed by atoms with Crippen LogP contribution >= 0.6 is 10.8 Å². The average Bonchev–Trinajstić information content (AvgIpc) is 3.65. The fraction of sp³-hybridized carbons (Fsp3) is 0.0727. The molecule has 3 heterocycles. The second kappa shape index (κ2) is 17.1. The van der Waals surface area contributed by atoms with Crippen LogP contribution in [0.4, 0.5) is 23.3 Å². The third-order valence-corrected chi connectivity index (χ3v) is 13.2. The molecule has 0 spiro atoms. The predicted octanol–water partition coefficient (Wildman–Crippen LogP) is 13.8. The number of allylic oxidation sites excluding steroid dienone is 6.